The highest BCUT2D eigenvalue weighted by Crippen LogP contribution is 2.39. The fraction of sp³-hybridized carbons (Fsp3) is 0.500. The van der Waals surface area contributed by atoms with Gasteiger partial charge in [0.15, 0.2) is 0 Å². The van der Waals surface area contributed by atoms with Crippen molar-refractivity contribution >= 4 is 11.8 Å². The third-order valence-electron chi connectivity index (χ3n) is 3.14. The quantitative estimate of drug-likeness (QED) is 0.817. The molecule has 1 heterocycles. The van der Waals surface area contributed by atoms with Crippen LogP contribution in [0.2, 0.25) is 0 Å². The Bertz CT molecular complexity index is 424. The van der Waals surface area contributed by atoms with Crippen LogP contribution in [0.1, 0.15) is 18.4 Å². The van der Waals surface area contributed by atoms with Crippen molar-refractivity contribution in [1.29, 1.82) is 5.26 Å². The van der Waals surface area contributed by atoms with Crippen LogP contribution in [0.3, 0.4) is 0 Å². The van der Waals surface area contributed by atoms with Crippen molar-refractivity contribution in [2.45, 2.75) is 17.7 Å². The molecule has 0 amide bonds. The van der Waals surface area contributed by atoms with E-state index < -0.39 is 0 Å². The van der Waals surface area contributed by atoms with E-state index in [9.17, 15) is 0 Å². The second-order valence-electron chi connectivity index (χ2n) is 4.80. The van der Waals surface area contributed by atoms with Gasteiger partial charge in [-0.25, -0.2) is 0 Å². The van der Waals surface area contributed by atoms with Crippen LogP contribution in [0.4, 0.5) is 0 Å². The first kappa shape index (κ1) is 12.5. The fourth-order valence-electron chi connectivity index (χ4n) is 2.34. The molecule has 2 rings (SSSR count). The van der Waals surface area contributed by atoms with Gasteiger partial charge in [-0.15, -0.1) is 11.8 Å². The Labute approximate surface area is 108 Å². The van der Waals surface area contributed by atoms with Gasteiger partial charge in [-0.1, -0.05) is 18.2 Å². The van der Waals surface area contributed by atoms with Crippen molar-refractivity contribution in [3.63, 3.8) is 0 Å². The van der Waals surface area contributed by atoms with Gasteiger partial charge in [-0.05, 0) is 25.6 Å². The van der Waals surface area contributed by atoms with Crippen molar-refractivity contribution in [2.75, 3.05) is 25.9 Å². The fourth-order valence-corrected chi connectivity index (χ4v) is 3.58. The standard InChI is InChI=1S/C14H18N2S/c1-11(7-15)8-16(2)9-12-10-17-14-6-4-3-5-13(12)14/h3-6,11-12H,8-10H2,1-2H3. The Morgan fingerprint density at radius 3 is 3.06 bits per heavy atom. The van der Waals surface area contributed by atoms with E-state index in [1.54, 1.807) is 0 Å². The van der Waals surface area contributed by atoms with E-state index in [4.69, 9.17) is 5.26 Å². The van der Waals surface area contributed by atoms with Gasteiger partial charge in [-0.2, -0.15) is 5.26 Å². The molecular weight excluding hydrogens is 228 g/mol. The van der Waals surface area contributed by atoms with E-state index in [0.717, 1.165) is 13.1 Å². The summed E-state index contributed by atoms with van der Waals surface area (Å²) in [6.07, 6.45) is 0. The van der Waals surface area contributed by atoms with Gasteiger partial charge in [-0.3, -0.25) is 0 Å². The molecule has 0 radical (unpaired) electrons. The maximum absolute atomic E-state index is 8.82. The molecule has 1 aromatic rings. The molecule has 1 aromatic carbocycles. The van der Waals surface area contributed by atoms with Crippen molar-refractivity contribution in [3.8, 4) is 6.07 Å². The largest absolute Gasteiger partial charge is 0.304 e. The molecule has 0 N–H and O–H groups in total. The smallest absolute Gasteiger partial charge is 0.0666 e. The average molecular weight is 246 g/mol. The van der Waals surface area contributed by atoms with Crippen LogP contribution < -0.4 is 0 Å². The summed E-state index contributed by atoms with van der Waals surface area (Å²) in [7, 11) is 2.11. The van der Waals surface area contributed by atoms with Crippen molar-refractivity contribution in [3.05, 3.63) is 29.8 Å². The summed E-state index contributed by atoms with van der Waals surface area (Å²) >= 11 is 1.95. The molecular formula is C14H18N2S. The minimum atomic E-state index is 0.115. The van der Waals surface area contributed by atoms with E-state index in [2.05, 4.69) is 42.3 Å². The number of hydrogen-bond donors (Lipinski definition) is 0. The Morgan fingerprint density at radius 2 is 2.29 bits per heavy atom. The molecule has 2 nitrogen and oxygen atoms in total. The zero-order valence-corrected chi connectivity index (χ0v) is 11.2. The molecule has 2 atom stereocenters. The van der Waals surface area contributed by atoms with Gasteiger partial charge in [0.2, 0.25) is 0 Å². The van der Waals surface area contributed by atoms with Crippen LogP contribution in [-0.4, -0.2) is 30.8 Å². The van der Waals surface area contributed by atoms with Crippen LogP contribution in [0, 0.1) is 17.2 Å². The first-order valence-corrected chi connectivity index (χ1v) is 6.99. The molecule has 0 aliphatic carbocycles. The summed E-state index contributed by atoms with van der Waals surface area (Å²) in [5.41, 5.74) is 1.48. The second kappa shape index (κ2) is 5.57. The first-order valence-electron chi connectivity index (χ1n) is 6.00. The maximum atomic E-state index is 8.82. The lowest BCUT2D eigenvalue weighted by Gasteiger charge is -2.22. The van der Waals surface area contributed by atoms with E-state index in [1.807, 2.05) is 18.7 Å². The molecule has 1 aliphatic rings. The highest BCUT2D eigenvalue weighted by molar-refractivity contribution is 7.99. The summed E-state index contributed by atoms with van der Waals surface area (Å²) < 4.78 is 0. The number of likely N-dealkylation sites (N-methyl/N-ethyl adjacent to an activating group) is 1. The summed E-state index contributed by atoms with van der Waals surface area (Å²) in [5.74, 6) is 1.90. The molecule has 90 valence electrons. The number of nitriles is 1. The van der Waals surface area contributed by atoms with E-state index in [1.165, 1.54) is 16.2 Å². The van der Waals surface area contributed by atoms with E-state index in [0.29, 0.717) is 5.92 Å². The molecule has 17 heavy (non-hydrogen) atoms. The zero-order chi connectivity index (χ0) is 12.3. The van der Waals surface area contributed by atoms with Crippen LogP contribution in [-0.2, 0) is 0 Å². The van der Waals surface area contributed by atoms with Gasteiger partial charge in [0.1, 0.15) is 0 Å². The molecule has 0 saturated carbocycles. The summed E-state index contributed by atoms with van der Waals surface area (Å²) in [6, 6.07) is 11.0. The maximum Gasteiger partial charge on any atom is 0.0666 e. The molecule has 2 unspecified atom stereocenters. The van der Waals surface area contributed by atoms with E-state index >= 15 is 0 Å². The van der Waals surface area contributed by atoms with Crippen LogP contribution in [0.5, 0.6) is 0 Å². The molecule has 0 aromatic heterocycles. The number of rotatable bonds is 4. The Morgan fingerprint density at radius 1 is 1.53 bits per heavy atom. The van der Waals surface area contributed by atoms with Gasteiger partial charge in [0.25, 0.3) is 0 Å². The highest BCUT2D eigenvalue weighted by Gasteiger charge is 2.23. The molecule has 3 heteroatoms. The molecule has 0 spiro atoms. The van der Waals surface area contributed by atoms with Crippen LogP contribution in [0.15, 0.2) is 29.2 Å². The van der Waals surface area contributed by atoms with Crippen molar-refractivity contribution in [2.24, 2.45) is 5.92 Å². The summed E-state index contributed by atoms with van der Waals surface area (Å²) in [6.45, 7) is 3.89. The van der Waals surface area contributed by atoms with Crippen LogP contribution >= 0.6 is 11.8 Å². The summed E-state index contributed by atoms with van der Waals surface area (Å²) in [5, 5.41) is 8.82. The average Bonchev–Trinajstić information content (AvgIpc) is 2.72. The minimum Gasteiger partial charge on any atom is -0.304 e. The SMILES string of the molecule is CC(C#N)CN(C)CC1CSc2ccccc21. The van der Waals surface area contributed by atoms with Crippen molar-refractivity contribution in [1.82, 2.24) is 4.90 Å². The monoisotopic (exact) mass is 246 g/mol. The topological polar surface area (TPSA) is 27.0 Å². The summed E-state index contributed by atoms with van der Waals surface area (Å²) in [4.78, 5) is 3.71. The lowest BCUT2D eigenvalue weighted by molar-refractivity contribution is 0.297. The highest BCUT2D eigenvalue weighted by atomic mass is 32.2. The molecule has 0 saturated heterocycles. The predicted octanol–water partition coefficient (Wildman–Crippen LogP) is 2.97. The number of fused-ring (bicyclic) bond motifs is 1. The third kappa shape index (κ3) is 3.02. The number of hydrogen-bond acceptors (Lipinski definition) is 3. The molecule has 1 aliphatic heterocycles. The van der Waals surface area contributed by atoms with Gasteiger partial charge >= 0.3 is 0 Å². The zero-order valence-electron chi connectivity index (χ0n) is 10.4. The third-order valence-corrected chi connectivity index (χ3v) is 4.39. The van der Waals surface area contributed by atoms with Crippen LogP contribution in [0.25, 0.3) is 0 Å². The minimum absolute atomic E-state index is 0.115. The Balaban J connectivity index is 1.96. The van der Waals surface area contributed by atoms with Gasteiger partial charge < -0.3 is 4.90 Å². The van der Waals surface area contributed by atoms with Gasteiger partial charge in [0, 0.05) is 29.7 Å². The van der Waals surface area contributed by atoms with E-state index in [-0.39, 0.29) is 5.92 Å². The van der Waals surface area contributed by atoms with Gasteiger partial charge in [0.05, 0.1) is 12.0 Å². The number of nitrogens with zero attached hydrogens (tertiary/aromatic N) is 2. The molecule has 0 bridgehead atoms. The number of thioether (sulfide) groups is 1. The Kier molecular flexibility index (Phi) is 4.09. The Hall–Kier alpha value is -0.980. The molecule has 0 fully saturated rings. The lowest BCUT2D eigenvalue weighted by Crippen LogP contribution is -2.28. The second-order valence-corrected chi connectivity index (χ2v) is 5.86. The predicted molar refractivity (Wildman–Crippen MR) is 72.2 cm³/mol. The van der Waals surface area contributed by atoms with Crippen molar-refractivity contribution < 1.29 is 0 Å². The lowest BCUT2D eigenvalue weighted by atomic mass is 10.0. The number of benzene rings is 1. The normalized spacial score (nSPS) is 20.0. The first-order chi connectivity index (χ1) is 8.20.